The molecule has 12 heavy (non-hydrogen) atoms. The van der Waals surface area contributed by atoms with E-state index in [9.17, 15) is 9.90 Å². The van der Waals surface area contributed by atoms with E-state index in [1.807, 2.05) is 0 Å². The normalized spacial score (nSPS) is 27.7. The van der Waals surface area contributed by atoms with E-state index in [2.05, 4.69) is 5.32 Å². The summed E-state index contributed by atoms with van der Waals surface area (Å²) in [5.74, 6) is 0. The molecule has 1 aliphatic carbocycles. The quantitative estimate of drug-likeness (QED) is 0.585. The highest BCUT2D eigenvalue weighted by atomic mass is 16.3. The van der Waals surface area contributed by atoms with Gasteiger partial charge in [-0.1, -0.05) is 6.08 Å². The molecule has 0 aromatic rings. The Balaban J connectivity index is 2.78. The third kappa shape index (κ3) is 2.36. The van der Waals surface area contributed by atoms with Gasteiger partial charge in [0.15, 0.2) is 0 Å². The van der Waals surface area contributed by atoms with Gasteiger partial charge in [-0.05, 0) is 31.2 Å². The molecule has 0 spiro atoms. The molecular weight excluding hydrogens is 154 g/mol. The number of hydrogen-bond acceptors (Lipinski definition) is 2. The van der Waals surface area contributed by atoms with E-state index >= 15 is 0 Å². The van der Waals surface area contributed by atoms with Crippen LogP contribution in [0.2, 0.25) is 0 Å². The zero-order chi connectivity index (χ0) is 9.03. The van der Waals surface area contributed by atoms with Gasteiger partial charge in [0, 0.05) is 5.70 Å². The third-order valence-electron chi connectivity index (χ3n) is 1.54. The molecule has 1 rings (SSSR count). The SMILES string of the molecule is CC1(O)C=CC=C(NC=O)C=C1. The van der Waals surface area contributed by atoms with Crippen LogP contribution in [0.15, 0.2) is 36.1 Å². The number of allylic oxidation sites excluding steroid dienone is 3. The van der Waals surface area contributed by atoms with Crippen molar-refractivity contribution in [1.82, 2.24) is 5.32 Å². The molecule has 0 saturated carbocycles. The van der Waals surface area contributed by atoms with Crippen LogP contribution >= 0.6 is 0 Å². The highest BCUT2D eigenvalue weighted by Crippen LogP contribution is 2.12. The summed E-state index contributed by atoms with van der Waals surface area (Å²) in [5.41, 5.74) is -0.262. The minimum Gasteiger partial charge on any atom is -0.382 e. The minimum absolute atomic E-state index is 0.601. The fourth-order valence-corrected chi connectivity index (χ4v) is 0.880. The maximum absolute atomic E-state index is 10.1. The summed E-state index contributed by atoms with van der Waals surface area (Å²) in [5, 5.41) is 12.0. The van der Waals surface area contributed by atoms with Crippen LogP contribution in [0.1, 0.15) is 6.92 Å². The minimum atomic E-state index is -0.928. The maximum Gasteiger partial charge on any atom is 0.211 e. The fourth-order valence-electron chi connectivity index (χ4n) is 0.880. The van der Waals surface area contributed by atoms with E-state index in [0.29, 0.717) is 12.1 Å². The first kappa shape index (κ1) is 8.74. The Morgan fingerprint density at radius 2 is 2.33 bits per heavy atom. The van der Waals surface area contributed by atoms with Gasteiger partial charge in [0.1, 0.15) is 0 Å². The number of amides is 1. The van der Waals surface area contributed by atoms with Gasteiger partial charge in [-0.15, -0.1) is 0 Å². The molecular formula is C9H11NO2. The van der Waals surface area contributed by atoms with Crippen LogP contribution in [-0.4, -0.2) is 17.1 Å². The zero-order valence-corrected chi connectivity index (χ0v) is 6.82. The fraction of sp³-hybridized carbons (Fsp3) is 0.222. The first-order chi connectivity index (χ1) is 5.64. The van der Waals surface area contributed by atoms with Crippen molar-refractivity contribution in [3.8, 4) is 0 Å². The van der Waals surface area contributed by atoms with Crippen LogP contribution in [0, 0.1) is 0 Å². The maximum atomic E-state index is 10.1. The predicted octanol–water partition coefficient (Wildman–Crippen LogP) is 0.493. The second kappa shape index (κ2) is 3.36. The summed E-state index contributed by atoms with van der Waals surface area (Å²) in [7, 11) is 0. The van der Waals surface area contributed by atoms with Gasteiger partial charge in [-0.25, -0.2) is 0 Å². The smallest absolute Gasteiger partial charge is 0.211 e. The molecule has 0 fully saturated rings. The van der Waals surface area contributed by atoms with E-state index in [1.165, 1.54) is 0 Å². The van der Waals surface area contributed by atoms with Crippen molar-refractivity contribution in [2.75, 3.05) is 0 Å². The molecule has 3 heteroatoms. The lowest BCUT2D eigenvalue weighted by atomic mass is 10.1. The van der Waals surface area contributed by atoms with Crippen LogP contribution in [0.4, 0.5) is 0 Å². The van der Waals surface area contributed by atoms with Crippen molar-refractivity contribution in [3.05, 3.63) is 36.1 Å². The lowest BCUT2D eigenvalue weighted by molar-refractivity contribution is -0.108. The Kier molecular flexibility index (Phi) is 2.45. The van der Waals surface area contributed by atoms with Gasteiger partial charge in [-0.3, -0.25) is 4.79 Å². The van der Waals surface area contributed by atoms with Crippen molar-refractivity contribution in [3.63, 3.8) is 0 Å². The van der Waals surface area contributed by atoms with Gasteiger partial charge >= 0.3 is 0 Å². The molecule has 2 N–H and O–H groups in total. The summed E-state index contributed by atoms with van der Waals surface area (Å²) in [6.07, 6.45) is 8.93. The molecule has 0 saturated heterocycles. The zero-order valence-electron chi connectivity index (χ0n) is 6.82. The highest BCUT2D eigenvalue weighted by Gasteiger charge is 2.11. The topological polar surface area (TPSA) is 49.3 Å². The van der Waals surface area contributed by atoms with Crippen LogP contribution < -0.4 is 5.32 Å². The van der Waals surface area contributed by atoms with Gasteiger partial charge in [0.05, 0.1) is 5.60 Å². The first-order valence-electron chi connectivity index (χ1n) is 3.65. The van der Waals surface area contributed by atoms with E-state index in [-0.39, 0.29) is 0 Å². The summed E-state index contributed by atoms with van der Waals surface area (Å²) >= 11 is 0. The van der Waals surface area contributed by atoms with Crippen molar-refractivity contribution in [1.29, 1.82) is 0 Å². The van der Waals surface area contributed by atoms with Crippen LogP contribution in [-0.2, 0) is 4.79 Å². The molecule has 1 amide bonds. The lowest BCUT2D eigenvalue weighted by Gasteiger charge is -2.11. The molecule has 0 radical (unpaired) electrons. The monoisotopic (exact) mass is 165 g/mol. The highest BCUT2D eigenvalue weighted by molar-refractivity contribution is 5.53. The average molecular weight is 165 g/mol. The molecule has 1 atom stereocenters. The number of carbonyl (C=O) groups excluding carboxylic acids is 1. The van der Waals surface area contributed by atoms with E-state index in [0.717, 1.165) is 0 Å². The Morgan fingerprint density at radius 3 is 3.00 bits per heavy atom. The van der Waals surface area contributed by atoms with E-state index < -0.39 is 5.60 Å². The summed E-state index contributed by atoms with van der Waals surface area (Å²) in [4.78, 5) is 10.1. The number of nitrogens with one attached hydrogen (secondary N) is 1. The number of rotatable bonds is 2. The van der Waals surface area contributed by atoms with Gasteiger partial charge in [-0.2, -0.15) is 0 Å². The van der Waals surface area contributed by atoms with E-state index in [4.69, 9.17) is 0 Å². The molecule has 64 valence electrons. The standard InChI is InChI=1S/C9H11NO2/c1-9(12)5-2-3-8(4-6-9)10-7-11/h2-7,12H,1H3,(H,10,11). The van der Waals surface area contributed by atoms with Crippen molar-refractivity contribution in [2.24, 2.45) is 0 Å². The average Bonchev–Trinajstić information content (AvgIpc) is 2.14. The van der Waals surface area contributed by atoms with E-state index in [1.54, 1.807) is 37.3 Å². The molecule has 3 nitrogen and oxygen atoms in total. The molecule has 1 aliphatic rings. The third-order valence-corrected chi connectivity index (χ3v) is 1.54. The van der Waals surface area contributed by atoms with Crippen molar-refractivity contribution >= 4 is 6.41 Å². The van der Waals surface area contributed by atoms with Crippen LogP contribution in [0.5, 0.6) is 0 Å². The Morgan fingerprint density at radius 1 is 1.58 bits per heavy atom. The Bertz CT molecular complexity index is 262. The number of hydrogen-bond donors (Lipinski definition) is 2. The lowest BCUT2D eigenvalue weighted by Crippen LogP contribution is -2.16. The van der Waals surface area contributed by atoms with Crippen LogP contribution in [0.3, 0.4) is 0 Å². The van der Waals surface area contributed by atoms with Crippen molar-refractivity contribution < 1.29 is 9.90 Å². The summed E-state index contributed by atoms with van der Waals surface area (Å²) < 4.78 is 0. The van der Waals surface area contributed by atoms with Gasteiger partial charge in [0.25, 0.3) is 0 Å². The molecule has 0 aromatic heterocycles. The summed E-state index contributed by atoms with van der Waals surface area (Å²) in [6.45, 7) is 1.66. The Labute approximate surface area is 71.1 Å². The second-order valence-corrected chi connectivity index (χ2v) is 2.80. The Hall–Kier alpha value is -1.35. The predicted molar refractivity (Wildman–Crippen MR) is 46.2 cm³/mol. The number of aliphatic hydroxyl groups is 1. The second-order valence-electron chi connectivity index (χ2n) is 2.80. The largest absolute Gasteiger partial charge is 0.382 e. The van der Waals surface area contributed by atoms with Gasteiger partial charge in [0.2, 0.25) is 6.41 Å². The molecule has 0 heterocycles. The molecule has 0 bridgehead atoms. The van der Waals surface area contributed by atoms with Crippen LogP contribution in [0.25, 0.3) is 0 Å². The molecule has 1 unspecified atom stereocenters. The molecule has 0 aliphatic heterocycles. The first-order valence-corrected chi connectivity index (χ1v) is 3.65. The van der Waals surface area contributed by atoms with Gasteiger partial charge < -0.3 is 10.4 Å². The molecule has 0 aromatic carbocycles. The summed E-state index contributed by atoms with van der Waals surface area (Å²) in [6, 6.07) is 0. The number of carbonyl (C=O) groups is 1. The van der Waals surface area contributed by atoms with Crippen molar-refractivity contribution in [2.45, 2.75) is 12.5 Å².